The van der Waals surface area contributed by atoms with Gasteiger partial charge in [-0.05, 0) is 68.6 Å². The maximum absolute atomic E-state index is 12.9. The number of piperidine rings is 3. The predicted molar refractivity (Wildman–Crippen MR) is 101 cm³/mol. The molecule has 1 aromatic heterocycles. The molecule has 0 saturated carbocycles. The average Bonchev–Trinajstić information content (AvgIpc) is 3.06. The summed E-state index contributed by atoms with van der Waals surface area (Å²) in [6.45, 7) is 4.54. The molecule has 26 heavy (non-hydrogen) atoms. The molecule has 0 radical (unpaired) electrons. The molecule has 0 unspecified atom stereocenters. The number of nitrogens with one attached hydrogen (secondary N) is 1. The van der Waals surface area contributed by atoms with E-state index in [0.717, 1.165) is 24.3 Å². The highest BCUT2D eigenvalue weighted by molar-refractivity contribution is 5.94. The van der Waals surface area contributed by atoms with E-state index in [0.29, 0.717) is 23.2 Å². The van der Waals surface area contributed by atoms with Gasteiger partial charge < -0.3 is 9.88 Å². The second-order valence-corrected chi connectivity index (χ2v) is 7.47. The van der Waals surface area contributed by atoms with Crippen molar-refractivity contribution in [1.29, 1.82) is 5.26 Å². The molecule has 4 heterocycles. The van der Waals surface area contributed by atoms with Crippen LogP contribution in [0.15, 0.2) is 36.4 Å². The van der Waals surface area contributed by atoms with Gasteiger partial charge in [0.05, 0.1) is 11.6 Å². The van der Waals surface area contributed by atoms with E-state index in [-0.39, 0.29) is 11.9 Å². The van der Waals surface area contributed by atoms with Gasteiger partial charge in [0.2, 0.25) is 0 Å². The Balaban J connectivity index is 1.54. The smallest absolute Gasteiger partial charge is 0.268 e. The third kappa shape index (κ3) is 2.81. The van der Waals surface area contributed by atoms with Crippen LogP contribution in [-0.2, 0) is 7.05 Å². The van der Waals surface area contributed by atoms with Gasteiger partial charge in [-0.25, -0.2) is 0 Å². The highest BCUT2D eigenvalue weighted by Gasteiger charge is 2.40. The first-order valence-electron chi connectivity index (χ1n) is 9.29. The molecule has 1 amide bonds. The molecule has 5 rings (SSSR count). The zero-order chi connectivity index (χ0) is 18.3. The number of amides is 1. The Morgan fingerprint density at radius 1 is 1.15 bits per heavy atom. The molecule has 3 fully saturated rings. The van der Waals surface area contributed by atoms with Crippen LogP contribution in [0.1, 0.15) is 35.8 Å². The third-order valence-corrected chi connectivity index (χ3v) is 6.14. The molecule has 5 nitrogen and oxygen atoms in total. The van der Waals surface area contributed by atoms with Crippen molar-refractivity contribution in [2.24, 2.45) is 13.0 Å². The number of fused-ring (bicyclic) bond motifs is 3. The predicted octanol–water partition coefficient (Wildman–Crippen LogP) is 2.78. The molecule has 3 aliphatic rings. The number of benzene rings is 1. The molecule has 0 spiro atoms. The average molecular weight is 348 g/mol. The third-order valence-electron chi connectivity index (χ3n) is 6.14. The number of nitrogens with zero attached hydrogens (tertiary/aromatic N) is 3. The van der Waals surface area contributed by atoms with Crippen molar-refractivity contribution in [3.05, 3.63) is 47.7 Å². The number of carbonyl (C=O) groups is 1. The first kappa shape index (κ1) is 16.9. The SMILES string of the molecule is C[C@H]1[C@H](NC(=O)c2ccc(-c3ccc(C#N)cc3)n2C)C2CCN1CC2. The Kier molecular flexibility index (Phi) is 4.29. The second kappa shape index (κ2) is 6.62. The topological polar surface area (TPSA) is 61.1 Å². The van der Waals surface area contributed by atoms with Gasteiger partial charge in [-0.2, -0.15) is 5.26 Å². The van der Waals surface area contributed by atoms with Crippen LogP contribution in [-0.4, -0.2) is 40.5 Å². The Labute approximate surface area is 154 Å². The lowest BCUT2D eigenvalue weighted by molar-refractivity contribution is 0.0215. The van der Waals surface area contributed by atoms with E-state index < -0.39 is 0 Å². The minimum atomic E-state index is -0.00186. The molecule has 2 aromatic rings. The monoisotopic (exact) mass is 348 g/mol. The summed E-state index contributed by atoms with van der Waals surface area (Å²) in [6.07, 6.45) is 2.36. The summed E-state index contributed by atoms with van der Waals surface area (Å²) in [5.41, 5.74) is 3.29. The largest absolute Gasteiger partial charge is 0.346 e. The van der Waals surface area contributed by atoms with E-state index in [4.69, 9.17) is 5.26 Å². The van der Waals surface area contributed by atoms with Gasteiger partial charge in [0, 0.05) is 24.8 Å². The van der Waals surface area contributed by atoms with Gasteiger partial charge in [-0.15, -0.1) is 0 Å². The summed E-state index contributed by atoms with van der Waals surface area (Å²) in [5.74, 6) is 0.593. The van der Waals surface area contributed by atoms with Crippen LogP contribution in [0.5, 0.6) is 0 Å². The fraction of sp³-hybridized carbons (Fsp3) is 0.429. The molecule has 5 heteroatoms. The Morgan fingerprint density at radius 2 is 1.85 bits per heavy atom. The maximum Gasteiger partial charge on any atom is 0.268 e. The van der Waals surface area contributed by atoms with Crippen molar-refractivity contribution < 1.29 is 4.79 Å². The van der Waals surface area contributed by atoms with E-state index in [9.17, 15) is 4.79 Å². The molecule has 3 aliphatic heterocycles. The molecule has 134 valence electrons. The summed E-state index contributed by atoms with van der Waals surface area (Å²) in [7, 11) is 1.92. The summed E-state index contributed by atoms with van der Waals surface area (Å²) in [5, 5.41) is 12.2. The van der Waals surface area contributed by atoms with Crippen LogP contribution in [0.4, 0.5) is 0 Å². The first-order valence-corrected chi connectivity index (χ1v) is 9.29. The Hall–Kier alpha value is -2.58. The van der Waals surface area contributed by atoms with Crippen molar-refractivity contribution in [1.82, 2.24) is 14.8 Å². The fourth-order valence-corrected chi connectivity index (χ4v) is 4.52. The number of rotatable bonds is 3. The molecule has 2 atom stereocenters. The van der Waals surface area contributed by atoms with Gasteiger partial charge in [0.1, 0.15) is 5.69 Å². The molecular weight excluding hydrogens is 324 g/mol. The van der Waals surface area contributed by atoms with Crippen LogP contribution in [0, 0.1) is 17.2 Å². The quantitative estimate of drug-likeness (QED) is 0.928. The van der Waals surface area contributed by atoms with Crippen molar-refractivity contribution in [3.8, 4) is 17.3 Å². The molecule has 2 bridgehead atoms. The minimum absolute atomic E-state index is 0.00186. The van der Waals surface area contributed by atoms with Gasteiger partial charge in [0.25, 0.3) is 5.91 Å². The van der Waals surface area contributed by atoms with Gasteiger partial charge in [0.15, 0.2) is 0 Å². The number of hydrogen-bond acceptors (Lipinski definition) is 3. The van der Waals surface area contributed by atoms with Crippen LogP contribution in [0.2, 0.25) is 0 Å². The molecule has 0 aliphatic carbocycles. The summed E-state index contributed by atoms with van der Waals surface area (Å²) < 4.78 is 1.93. The van der Waals surface area contributed by atoms with Crippen molar-refractivity contribution >= 4 is 5.91 Å². The fourth-order valence-electron chi connectivity index (χ4n) is 4.52. The summed E-state index contributed by atoms with van der Waals surface area (Å²) in [6, 6.07) is 14.1. The molecule has 1 N–H and O–H groups in total. The van der Waals surface area contributed by atoms with E-state index in [2.05, 4.69) is 23.2 Å². The summed E-state index contributed by atoms with van der Waals surface area (Å²) in [4.78, 5) is 15.4. The minimum Gasteiger partial charge on any atom is -0.346 e. The van der Waals surface area contributed by atoms with Crippen LogP contribution >= 0.6 is 0 Å². The zero-order valence-corrected chi connectivity index (χ0v) is 15.3. The highest BCUT2D eigenvalue weighted by Crippen LogP contribution is 2.32. The second-order valence-electron chi connectivity index (χ2n) is 7.47. The van der Waals surface area contributed by atoms with Crippen LogP contribution in [0.3, 0.4) is 0 Å². The van der Waals surface area contributed by atoms with Crippen molar-refractivity contribution in [2.75, 3.05) is 13.1 Å². The van der Waals surface area contributed by atoms with E-state index in [1.54, 1.807) is 12.1 Å². The molecule has 1 aromatic carbocycles. The Bertz CT molecular complexity index is 851. The zero-order valence-electron chi connectivity index (χ0n) is 15.3. The van der Waals surface area contributed by atoms with Crippen LogP contribution < -0.4 is 5.32 Å². The lowest BCUT2D eigenvalue weighted by Gasteiger charge is -2.49. The lowest BCUT2D eigenvalue weighted by Crippen LogP contribution is -2.62. The van der Waals surface area contributed by atoms with Gasteiger partial charge >= 0.3 is 0 Å². The highest BCUT2D eigenvalue weighted by atomic mass is 16.2. The Morgan fingerprint density at radius 3 is 2.46 bits per heavy atom. The number of nitriles is 1. The number of carbonyl (C=O) groups excluding carboxylic acids is 1. The first-order chi connectivity index (χ1) is 12.6. The number of hydrogen-bond donors (Lipinski definition) is 1. The maximum atomic E-state index is 12.9. The van der Waals surface area contributed by atoms with Crippen molar-refractivity contribution in [3.63, 3.8) is 0 Å². The van der Waals surface area contributed by atoms with Gasteiger partial charge in [-0.3, -0.25) is 9.69 Å². The number of aromatic nitrogens is 1. The van der Waals surface area contributed by atoms with Gasteiger partial charge in [-0.1, -0.05) is 12.1 Å². The van der Waals surface area contributed by atoms with E-state index in [1.165, 1.54) is 12.8 Å². The normalized spacial score (nSPS) is 27.1. The van der Waals surface area contributed by atoms with E-state index in [1.807, 2.05) is 35.9 Å². The lowest BCUT2D eigenvalue weighted by atomic mass is 9.79. The van der Waals surface area contributed by atoms with Crippen molar-refractivity contribution in [2.45, 2.75) is 31.8 Å². The van der Waals surface area contributed by atoms with E-state index >= 15 is 0 Å². The van der Waals surface area contributed by atoms with Crippen LogP contribution in [0.25, 0.3) is 11.3 Å². The standard InChI is InChI=1S/C21H24N4O/c1-14-20(17-9-11-25(14)12-10-17)23-21(26)19-8-7-18(24(19)2)16-5-3-15(13-22)4-6-16/h3-8,14,17,20H,9-12H2,1-2H3,(H,23,26)/t14-,20-/m0/s1. The molecule has 3 saturated heterocycles. The molecular formula is C21H24N4O. The summed E-state index contributed by atoms with van der Waals surface area (Å²) >= 11 is 0.